The summed E-state index contributed by atoms with van der Waals surface area (Å²) in [7, 11) is -1.73. The highest BCUT2D eigenvalue weighted by molar-refractivity contribution is 8.64. The van der Waals surface area contributed by atoms with Gasteiger partial charge in [0.25, 0.3) is 5.91 Å². The first-order valence-corrected chi connectivity index (χ1v) is 13.5. The van der Waals surface area contributed by atoms with Crippen molar-refractivity contribution in [3.8, 4) is 22.3 Å². The zero-order valence-electron chi connectivity index (χ0n) is 17.7. The summed E-state index contributed by atoms with van der Waals surface area (Å²) in [6.07, 6.45) is 5.48. The van der Waals surface area contributed by atoms with Gasteiger partial charge in [0.2, 0.25) is 0 Å². The molecule has 0 aliphatic heterocycles. The number of aliphatic carboxylic acids is 1. The molecule has 1 unspecified atom stereocenters. The molecule has 10 heteroatoms. The normalized spacial score (nSPS) is 12.6. The Kier molecular flexibility index (Phi) is 9.07. The third-order valence-corrected chi connectivity index (χ3v) is 6.18. The van der Waals surface area contributed by atoms with Gasteiger partial charge in [-0.25, -0.2) is 4.79 Å². The maximum absolute atomic E-state index is 13.3. The van der Waals surface area contributed by atoms with Crippen LogP contribution < -0.4 is 10.0 Å². The summed E-state index contributed by atoms with van der Waals surface area (Å²) in [6.45, 7) is 0. The van der Waals surface area contributed by atoms with Gasteiger partial charge in [-0.15, -0.1) is 0 Å². The van der Waals surface area contributed by atoms with Crippen LogP contribution in [0.15, 0.2) is 67.0 Å². The van der Waals surface area contributed by atoms with Crippen LogP contribution >= 0.6 is 23.4 Å². The number of nitrogens with one attached hydrogen (secondary N) is 2. The van der Waals surface area contributed by atoms with E-state index in [1.165, 1.54) is 11.8 Å². The van der Waals surface area contributed by atoms with E-state index < -0.39 is 28.3 Å². The number of rotatable bonds is 10. The molecule has 2 atom stereocenters. The van der Waals surface area contributed by atoms with Crippen molar-refractivity contribution in [3.63, 3.8) is 0 Å². The number of carbonyl (C=O) groups excluding carboxylic acids is 1. The fraction of sp³-hybridized carbons (Fsp3) is 0.174. The second kappa shape index (κ2) is 12.0. The van der Waals surface area contributed by atoms with Crippen molar-refractivity contribution in [1.82, 2.24) is 10.3 Å². The zero-order valence-corrected chi connectivity index (χ0v) is 20.3. The molecule has 2 aromatic carbocycles. The minimum absolute atomic E-state index is 0.255. The molecule has 3 N–H and O–H groups in total. The molecule has 1 amide bonds. The van der Waals surface area contributed by atoms with E-state index in [2.05, 4.69) is 26.7 Å². The van der Waals surface area contributed by atoms with Gasteiger partial charge in [-0.1, -0.05) is 42.5 Å². The van der Waals surface area contributed by atoms with Gasteiger partial charge in [-0.05, 0) is 36.1 Å². The Bertz CT molecular complexity index is 1100. The predicted octanol–water partition coefficient (Wildman–Crippen LogP) is 4.27. The van der Waals surface area contributed by atoms with Gasteiger partial charge in [0.1, 0.15) is 28.1 Å². The minimum Gasteiger partial charge on any atom is -0.581 e. The van der Waals surface area contributed by atoms with Gasteiger partial charge in [0.05, 0.1) is 5.69 Å². The summed E-state index contributed by atoms with van der Waals surface area (Å²) < 4.78 is 15.0. The molecule has 1 heterocycles. The molecule has 0 aliphatic carbocycles. The second-order valence-electron chi connectivity index (χ2n) is 7.02. The first-order chi connectivity index (χ1) is 15.9. The zero-order chi connectivity index (χ0) is 23.8. The maximum atomic E-state index is 13.3. The summed E-state index contributed by atoms with van der Waals surface area (Å²) in [5.41, 5.74) is 3.32. The van der Waals surface area contributed by atoms with E-state index in [0.717, 1.165) is 5.56 Å². The van der Waals surface area contributed by atoms with Crippen molar-refractivity contribution < 1.29 is 19.2 Å². The number of carboxylic acids is 1. The molecule has 7 nitrogen and oxygen atoms in total. The Morgan fingerprint density at radius 2 is 1.88 bits per heavy atom. The van der Waals surface area contributed by atoms with E-state index in [-0.39, 0.29) is 5.56 Å². The monoisotopic (exact) mass is 501 g/mol. The molecular weight excluding hydrogens is 478 g/mol. The highest BCUT2D eigenvalue weighted by atomic mass is 33.1. The SMILES string of the molecule is CSCC[C@H](NC(=O)c1ccc(-c2cccnc2)c(N[S+]([O-])S)c1-c1ccccc1)C(=O)O. The fourth-order valence-corrected chi connectivity index (χ4v) is 4.51. The fourth-order valence-electron chi connectivity index (χ4n) is 3.38. The van der Waals surface area contributed by atoms with Crippen LogP contribution in [-0.2, 0) is 15.2 Å². The van der Waals surface area contributed by atoms with Crippen LogP contribution in [0.3, 0.4) is 0 Å². The van der Waals surface area contributed by atoms with Crippen molar-refractivity contribution >= 4 is 51.4 Å². The topological polar surface area (TPSA) is 114 Å². The third kappa shape index (κ3) is 6.44. The number of amides is 1. The van der Waals surface area contributed by atoms with E-state index in [9.17, 15) is 19.2 Å². The molecule has 172 valence electrons. The molecule has 0 bridgehead atoms. The average Bonchev–Trinajstić information content (AvgIpc) is 2.82. The summed E-state index contributed by atoms with van der Waals surface area (Å²) in [6, 6.07) is 15.1. The number of carboxylic acid groups (broad SMARTS) is 1. The molecule has 3 rings (SSSR count). The van der Waals surface area contributed by atoms with Gasteiger partial charge >= 0.3 is 5.97 Å². The highest BCUT2D eigenvalue weighted by Gasteiger charge is 2.26. The van der Waals surface area contributed by atoms with Gasteiger partial charge in [0.15, 0.2) is 0 Å². The Morgan fingerprint density at radius 3 is 2.48 bits per heavy atom. The molecule has 1 aromatic heterocycles. The Balaban J connectivity index is 2.17. The molecule has 3 aromatic rings. The number of thiol groups is 1. The molecule has 0 spiro atoms. The summed E-state index contributed by atoms with van der Waals surface area (Å²) in [5, 5.41) is 12.2. The number of hydrogen-bond donors (Lipinski definition) is 4. The maximum Gasteiger partial charge on any atom is 0.326 e. The van der Waals surface area contributed by atoms with Gasteiger partial charge in [0, 0.05) is 34.6 Å². The van der Waals surface area contributed by atoms with E-state index in [4.69, 9.17) is 0 Å². The van der Waals surface area contributed by atoms with Gasteiger partial charge in [-0.2, -0.15) is 16.5 Å². The number of pyridine rings is 1. The van der Waals surface area contributed by atoms with Crippen molar-refractivity contribution in [3.05, 3.63) is 72.6 Å². The number of benzene rings is 2. The Hall–Kier alpha value is -2.66. The van der Waals surface area contributed by atoms with E-state index in [1.807, 2.05) is 42.7 Å². The first-order valence-electron chi connectivity index (χ1n) is 9.95. The lowest BCUT2D eigenvalue weighted by Gasteiger charge is -2.21. The molecule has 0 fully saturated rings. The number of aromatic nitrogens is 1. The number of nitrogens with zero attached hydrogens (tertiary/aromatic N) is 1. The quantitative estimate of drug-likeness (QED) is 0.186. The molecule has 0 saturated carbocycles. The lowest BCUT2D eigenvalue weighted by atomic mass is 9.92. The minimum atomic E-state index is -1.73. The average molecular weight is 502 g/mol. The largest absolute Gasteiger partial charge is 0.581 e. The number of anilines is 1. The van der Waals surface area contributed by atoms with Crippen LogP contribution in [0.25, 0.3) is 22.3 Å². The number of thioether (sulfide) groups is 1. The molecule has 0 aliphatic rings. The number of carbonyl (C=O) groups is 2. The lowest BCUT2D eigenvalue weighted by Crippen LogP contribution is -2.41. The van der Waals surface area contributed by atoms with Crippen LogP contribution in [0.2, 0.25) is 0 Å². The van der Waals surface area contributed by atoms with Crippen LogP contribution in [0.4, 0.5) is 5.69 Å². The van der Waals surface area contributed by atoms with Crippen molar-refractivity contribution in [1.29, 1.82) is 0 Å². The first kappa shape index (κ1) is 25.0. The van der Waals surface area contributed by atoms with Gasteiger partial charge in [-0.3, -0.25) is 9.78 Å². The molecule has 0 saturated heterocycles. The van der Waals surface area contributed by atoms with Crippen LogP contribution in [-0.4, -0.2) is 44.6 Å². The third-order valence-electron chi connectivity index (χ3n) is 4.89. The predicted molar refractivity (Wildman–Crippen MR) is 138 cm³/mol. The Morgan fingerprint density at radius 1 is 1.15 bits per heavy atom. The summed E-state index contributed by atoms with van der Waals surface area (Å²) in [5.74, 6) is -1.04. The summed E-state index contributed by atoms with van der Waals surface area (Å²) in [4.78, 5) is 29.1. The molecular formula is C23H23N3O4S3. The van der Waals surface area contributed by atoms with Crippen LogP contribution in [0, 0.1) is 0 Å². The molecule has 0 radical (unpaired) electrons. The second-order valence-corrected chi connectivity index (χ2v) is 9.70. The molecule has 33 heavy (non-hydrogen) atoms. The lowest BCUT2D eigenvalue weighted by molar-refractivity contribution is -0.139. The number of hydrogen-bond acceptors (Lipinski definition) is 7. The van der Waals surface area contributed by atoms with E-state index >= 15 is 0 Å². The van der Waals surface area contributed by atoms with E-state index in [1.54, 1.807) is 30.6 Å². The highest BCUT2D eigenvalue weighted by Crippen LogP contribution is 2.40. The van der Waals surface area contributed by atoms with Crippen molar-refractivity contribution in [2.24, 2.45) is 0 Å². The van der Waals surface area contributed by atoms with Crippen LogP contribution in [0.1, 0.15) is 16.8 Å². The van der Waals surface area contributed by atoms with Gasteiger partial charge < -0.3 is 15.0 Å². The smallest absolute Gasteiger partial charge is 0.326 e. The van der Waals surface area contributed by atoms with E-state index in [0.29, 0.717) is 34.6 Å². The van der Waals surface area contributed by atoms with Crippen LogP contribution in [0.5, 0.6) is 0 Å². The van der Waals surface area contributed by atoms with Crippen molar-refractivity contribution in [2.75, 3.05) is 16.7 Å². The summed E-state index contributed by atoms with van der Waals surface area (Å²) >= 11 is 5.51. The standard InChI is InChI=1S/C23H23N3O4S3/c1-32-13-11-19(23(28)29)25-22(27)18-10-9-17(16-8-5-12-24-14-16)21(26-33(30)31)20(18)15-6-3-2-4-7-15/h2-10,12,14,19,26H,11,13H2,1H3,(H,25,27)(H,28,29)(H,30,31)/t19-,33?/m0/s1. The Labute approximate surface area is 204 Å². The van der Waals surface area contributed by atoms with Crippen molar-refractivity contribution in [2.45, 2.75) is 12.5 Å².